The van der Waals surface area contributed by atoms with E-state index in [0.29, 0.717) is 11.6 Å². The number of aryl methyl sites for hydroxylation is 1. The minimum Gasteiger partial charge on any atom is -0.497 e. The lowest BCUT2D eigenvalue weighted by Crippen LogP contribution is -2.32. The highest BCUT2D eigenvalue weighted by atomic mass is 32.2. The van der Waals surface area contributed by atoms with Crippen molar-refractivity contribution >= 4 is 23.4 Å². The van der Waals surface area contributed by atoms with E-state index in [-0.39, 0.29) is 23.1 Å². The number of hydrogen-bond donors (Lipinski definition) is 1. The molecule has 0 aliphatic carbocycles. The Kier molecular flexibility index (Phi) is 7.72. The molecule has 0 aliphatic heterocycles. The van der Waals surface area contributed by atoms with Crippen molar-refractivity contribution < 1.29 is 19.2 Å². The second-order valence-electron chi connectivity index (χ2n) is 6.93. The number of imidazole rings is 1. The molecule has 1 atom stereocenters. The third kappa shape index (κ3) is 5.58. The molecule has 1 unspecified atom stereocenters. The first-order chi connectivity index (χ1) is 15.4. The molecule has 0 spiro atoms. The van der Waals surface area contributed by atoms with E-state index in [9.17, 15) is 14.9 Å². The highest BCUT2D eigenvalue weighted by Gasteiger charge is 2.21. The van der Waals surface area contributed by atoms with Crippen molar-refractivity contribution in [2.75, 3.05) is 20.0 Å². The fourth-order valence-corrected chi connectivity index (χ4v) is 3.97. The first-order valence-corrected chi connectivity index (χ1v) is 10.9. The number of benzene rings is 2. The number of rotatable bonds is 10. The Hall–Kier alpha value is -3.53. The van der Waals surface area contributed by atoms with Gasteiger partial charge in [-0.1, -0.05) is 18.2 Å². The maximum Gasteiger partial charge on any atom is 0.311 e. The standard InChI is InChI=1S/C22H24N4O5S/c1-25-11-10-23-22(25)21(16-5-7-17(30-2)8-6-16)24-20(27)14-32-13-15-4-9-19(31-3)18(12-15)26(28)29/h4-12,21H,13-14H2,1-3H3,(H,24,27). The zero-order valence-electron chi connectivity index (χ0n) is 18.0. The smallest absolute Gasteiger partial charge is 0.311 e. The molecule has 2 aromatic carbocycles. The molecule has 0 aliphatic rings. The van der Waals surface area contributed by atoms with Gasteiger partial charge < -0.3 is 19.4 Å². The SMILES string of the molecule is COc1ccc(C(NC(=O)CSCc2ccc(OC)c([N+](=O)[O-])c2)c2nccn2C)cc1. The van der Waals surface area contributed by atoms with E-state index >= 15 is 0 Å². The van der Waals surface area contributed by atoms with Crippen molar-refractivity contribution in [3.05, 3.63) is 81.9 Å². The number of methoxy groups -OCH3 is 2. The molecule has 9 nitrogen and oxygen atoms in total. The number of hydrogen-bond acceptors (Lipinski definition) is 7. The van der Waals surface area contributed by atoms with E-state index in [1.807, 2.05) is 42.1 Å². The van der Waals surface area contributed by atoms with Crippen molar-refractivity contribution in [3.8, 4) is 11.5 Å². The average molecular weight is 457 g/mol. The third-order valence-corrected chi connectivity index (χ3v) is 5.82. The number of thioether (sulfide) groups is 1. The number of aromatic nitrogens is 2. The molecule has 1 heterocycles. The van der Waals surface area contributed by atoms with E-state index in [2.05, 4.69) is 10.3 Å². The van der Waals surface area contributed by atoms with Crippen LogP contribution in [0.3, 0.4) is 0 Å². The van der Waals surface area contributed by atoms with Gasteiger partial charge in [0.15, 0.2) is 5.75 Å². The number of ether oxygens (including phenoxy) is 2. The van der Waals surface area contributed by atoms with Gasteiger partial charge in [-0.2, -0.15) is 0 Å². The maximum atomic E-state index is 12.7. The van der Waals surface area contributed by atoms with Gasteiger partial charge in [-0.3, -0.25) is 14.9 Å². The normalized spacial score (nSPS) is 11.6. The van der Waals surface area contributed by atoms with Crippen LogP contribution in [0.2, 0.25) is 0 Å². The van der Waals surface area contributed by atoms with Gasteiger partial charge in [-0.05, 0) is 29.3 Å². The average Bonchev–Trinajstić information content (AvgIpc) is 3.23. The van der Waals surface area contributed by atoms with Crippen molar-refractivity contribution in [2.24, 2.45) is 7.05 Å². The molecular formula is C22H24N4O5S. The van der Waals surface area contributed by atoms with Crippen LogP contribution in [-0.2, 0) is 17.6 Å². The third-order valence-electron chi connectivity index (χ3n) is 4.81. The number of nitro groups is 1. The second kappa shape index (κ2) is 10.7. The van der Waals surface area contributed by atoms with Crippen molar-refractivity contribution in [1.29, 1.82) is 0 Å². The Bertz CT molecular complexity index is 1080. The zero-order valence-corrected chi connectivity index (χ0v) is 18.8. The highest BCUT2D eigenvalue weighted by Crippen LogP contribution is 2.29. The first kappa shape index (κ1) is 23.1. The Labute approximate surface area is 189 Å². The predicted octanol–water partition coefficient (Wildman–Crippen LogP) is 3.48. The molecule has 0 bridgehead atoms. The molecule has 0 saturated heterocycles. The summed E-state index contributed by atoms with van der Waals surface area (Å²) in [5, 5.41) is 14.2. The number of carbonyl (C=O) groups is 1. The molecule has 168 valence electrons. The van der Waals surface area contributed by atoms with Crippen LogP contribution in [0, 0.1) is 10.1 Å². The highest BCUT2D eigenvalue weighted by molar-refractivity contribution is 7.99. The summed E-state index contributed by atoms with van der Waals surface area (Å²) in [7, 11) is 4.86. The van der Waals surface area contributed by atoms with Crippen molar-refractivity contribution in [2.45, 2.75) is 11.8 Å². The van der Waals surface area contributed by atoms with Crippen molar-refractivity contribution in [3.63, 3.8) is 0 Å². The molecule has 3 rings (SSSR count). The summed E-state index contributed by atoms with van der Waals surface area (Å²) in [6.45, 7) is 0. The lowest BCUT2D eigenvalue weighted by molar-refractivity contribution is -0.385. The molecule has 32 heavy (non-hydrogen) atoms. The van der Waals surface area contributed by atoms with Crippen LogP contribution in [0.25, 0.3) is 0 Å². The van der Waals surface area contributed by atoms with Crippen LogP contribution in [0.1, 0.15) is 23.0 Å². The number of nitrogens with one attached hydrogen (secondary N) is 1. The predicted molar refractivity (Wildman–Crippen MR) is 122 cm³/mol. The van der Waals surface area contributed by atoms with Crippen LogP contribution in [0.4, 0.5) is 5.69 Å². The lowest BCUT2D eigenvalue weighted by atomic mass is 10.1. The van der Waals surface area contributed by atoms with Gasteiger partial charge >= 0.3 is 5.69 Å². The molecule has 10 heteroatoms. The topological polar surface area (TPSA) is 109 Å². The summed E-state index contributed by atoms with van der Waals surface area (Å²) in [6.07, 6.45) is 3.51. The van der Waals surface area contributed by atoms with Gasteiger partial charge in [-0.25, -0.2) is 4.98 Å². The Morgan fingerprint density at radius 1 is 1.22 bits per heavy atom. The van der Waals surface area contributed by atoms with E-state index in [0.717, 1.165) is 16.9 Å². The Morgan fingerprint density at radius 3 is 2.56 bits per heavy atom. The number of carbonyl (C=O) groups excluding carboxylic acids is 1. The van der Waals surface area contributed by atoms with Crippen molar-refractivity contribution in [1.82, 2.24) is 14.9 Å². The van der Waals surface area contributed by atoms with Gasteiger partial charge in [0, 0.05) is 31.3 Å². The molecule has 0 radical (unpaired) electrons. The fraction of sp³-hybridized carbons (Fsp3) is 0.273. The number of nitro benzene ring substituents is 1. The quantitative estimate of drug-likeness (QED) is 0.367. The first-order valence-electron chi connectivity index (χ1n) is 9.72. The Morgan fingerprint density at radius 2 is 1.97 bits per heavy atom. The summed E-state index contributed by atoms with van der Waals surface area (Å²) < 4.78 is 12.1. The van der Waals surface area contributed by atoms with Gasteiger partial charge in [0.1, 0.15) is 17.6 Å². The molecular weight excluding hydrogens is 432 g/mol. The Balaban J connectivity index is 1.66. The van der Waals surface area contributed by atoms with E-state index in [1.54, 1.807) is 25.4 Å². The van der Waals surface area contributed by atoms with Crippen LogP contribution in [0.5, 0.6) is 11.5 Å². The van der Waals surface area contributed by atoms with E-state index in [1.165, 1.54) is 24.9 Å². The van der Waals surface area contributed by atoms with Gasteiger partial charge in [0.2, 0.25) is 5.91 Å². The zero-order chi connectivity index (χ0) is 23.1. The van der Waals surface area contributed by atoms with Crippen LogP contribution in [0.15, 0.2) is 54.9 Å². The second-order valence-corrected chi connectivity index (χ2v) is 7.91. The molecule has 1 N–H and O–H groups in total. The molecule has 3 aromatic rings. The van der Waals surface area contributed by atoms with E-state index < -0.39 is 11.0 Å². The summed E-state index contributed by atoms with van der Waals surface area (Å²) >= 11 is 1.37. The fourth-order valence-electron chi connectivity index (χ4n) is 3.18. The van der Waals surface area contributed by atoms with Crippen LogP contribution >= 0.6 is 11.8 Å². The minimum atomic E-state index is -0.480. The molecule has 1 aromatic heterocycles. The van der Waals surface area contributed by atoms with Gasteiger partial charge in [0.05, 0.1) is 24.9 Å². The van der Waals surface area contributed by atoms with E-state index in [4.69, 9.17) is 9.47 Å². The number of nitrogens with zero attached hydrogens (tertiary/aromatic N) is 3. The van der Waals surface area contributed by atoms with Crippen LogP contribution < -0.4 is 14.8 Å². The van der Waals surface area contributed by atoms with Crippen LogP contribution in [-0.4, -0.2) is 40.4 Å². The largest absolute Gasteiger partial charge is 0.497 e. The van der Waals surface area contributed by atoms with Gasteiger partial charge in [0.25, 0.3) is 0 Å². The summed E-state index contributed by atoms with van der Waals surface area (Å²) in [4.78, 5) is 27.8. The molecule has 0 fully saturated rings. The maximum absolute atomic E-state index is 12.7. The summed E-state index contributed by atoms with van der Waals surface area (Å²) in [5.74, 6) is 2.12. The monoisotopic (exact) mass is 456 g/mol. The lowest BCUT2D eigenvalue weighted by Gasteiger charge is -2.19. The molecule has 1 amide bonds. The number of amides is 1. The molecule has 0 saturated carbocycles. The minimum absolute atomic E-state index is 0.0931. The summed E-state index contributed by atoms with van der Waals surface area (Å²) in [6, 6.07) is 11.8. The summed E-state index contributed by atoms with van der Waals surface area (Å²) in [5.41, 5.74) is 1.53. The van der Waals surface area contributed by atoms with Gasteiger partial charge in [-0.15, -0.1) is 11.8 Å².